The zero-order chi connectivity index (χ0) is 19.9. The predicted octanol–water partition coefficient (Wildman–Crippen LogP) is 5.04. The Bertz CT molecular complexity index is 888. The van der Waals surface area contributed by atoms with Crippen molar-refractivity contribution in [1.82, 2.24) is 0 Å². The molecular formula is C23H20ClNO3. The number of hydrogen-bond acceptors (Lipinski definition) is 3. The van der Waals surface area contributed by atoms with Crippen LogP contribution in [0.2, 0.25) is 5.02 Å². The molecule has 0 spiro atoms. The second-order valence-corrected chi connectivity index (χ2v) is 6.77. The lowest BCUT2D eigenvalue weighted by Crippen LogP contribution is -2.32. The first-order valence-electron chi connectivity index (χ1n) is 8.91. The molecule has 3 aromatic rings. The maximum absolute atomic E-state index is 12.9. The zero-order valence-electron chi connectivity index (χ0n) is 15.3. The number of amides is 1. The Morgan fingerprint density at radius 3 is 1.82 bits per heavy atom. The van der Waals surface area contributed by atoms with Crippen LogP contribution in [0.5, 0.6) is 0 Å². The molecule has 142 valence electrons. The summed E-state index contributed by atoms with van der Waals surface area (Å²) in [5.41, 5.74) is 2.20. The highest BCUT2D eigenvalue weighted by Gasteiger charge is 2.27. The number of benzene rings is 3. The molecule has 1 N–H and O–H groups in total. The minimum Gasteiger partial charge on any atom is -0.452 e. The topological polar surface area (TPSA) is 55.4 Å². The number of carbonyl (C=O) groups is 2. The van der Waals surface area contributed by atoms with E-state index in [1.165, 1.54) is 0 Å². The van der Waals surface area contributed by atoms with E-state index in [4.69, 9.17) is 16.3 Å². The molecule has 0 aliphatic carbocycles. The van der Waals surface area contributed by atoms with Crippen LogP contribution in [-0.4, -0.2) is 18.0 Å². The van der Waals surface area contributed by atoms with Crippen LogP contribution in [0.1, 0.15) is 24.0 Å². The van der Waals surface area contributed by atoms with Gasteiger partial charge in [-0.15, -0.1) is 0 Å². The molecule has 28 heavy (non-hydrogen) atoms. The Labute approximate surface area is 169 Å². The highest BCUT2D eigenvalue weighted by atomic mass is 35.5. The number of rotatable bonds is 6. The second-order valence-electron chi connectivity index (χ2n) is 6.33. The van der Waals surface area contributed by atoms with E-state index >= 15 is 0 Å². The molecule has 1 atom stereocenters. The minimum atomic E-state index is -0.946. The standard InChI is InChI=1S/C23H20ClNO3/c1-16(22(26)25-20-14-12-19(24)13-15-20)28-23(27)21(17-8-4-2-5-9-17)18-10-6-3-7-11-18/h2-16,21H,1H3,(H,25,26)/t16-/m1/s1. The minimum absolute atomic E-state index is 0.407. The first-order chi connectivity index (χ1) is 13.5. The van der Waals surface area contributed by atoms with Gasteiger partial charge in [0.1, 0.15) is 5.92 Å². The molecule has 0 saturated carbocycles. The van der Waals surface area contributed by atoms with Crippen LogP contribution in [0.3, 0.4) is 0 Å². The number of carbonyl (C=O) groups excluding carboxylic acids is 2. The Kier molecular flexibility index (Phi) is 6.45. The van der Waals surface area contributed by atoms with E-state index in [9.17, 15) is 9.59 Å². The molecule has 0 aliphatic rings. The van der Waals surface area contributed by atoms with Crippen LogP contribution in [0.25, 0.3) is 0 Å². The van der Waals surface area contributed by atoms with Crippen molar-refractivity contribution in [2.75, 3.05) is 5.32 Å². The molecule has 3 aromatic carbocycles. The lowest BCUT2D eigenvalue weighted by Gasteiger charge is -2.20. The lowest BCUT2D eigenvalue weighted by molar-refractivity contribution is -0.153. The maximum atomic E-state index is 12.9. The average molecular weight is 394 g/mol. The van der Waals surface area contributed by atoms with Crippen molar-refractivity contribution in [1.29, 1.82) is 0 Å². The smallest absolute Gasteiger partial charge is 0.318 e. The number of halogens is 1. The molecular weight excluding hydrogens is 374 g/mol. The molecule has 0 radical (unpaired) electrons. The molecule has 0 aromatic heterocycles. The molecule has 5 heteroatoms. The summed E-state index contributed by atoms with van der Waals surface area (Å²) in [4.78, 5) is 25.3. The van der Waals surface area contributed by atoms with Gasteiger partial charge in [-0.1, -0.05) is 72.3 Å². The molecule has 0 fully saturated rings. The van der Waals surface area contributed by atoms with Gasteiger partial charge in [-0.25, -0.2) is 0 Å². The largest absolute Gasteiger partial charge is 0.452 e. The van der Waals surface area contributed by atoms with Gasteiger partial charge in [0.2, 0.25) is 0 Å². The van der Waals surface area contributed by atoms with Gasteiger partial charge in [0.05, 0.1) is 0 Å². The van der Waals surface area contributed by atoms with E-state index in [0.29, 0.717) is 10.7 Å². The van der Waals surface area contributed by atoms with E-state index < -0.39 is 23.9 Å². The molecule has 0 bridgehead atoms. The van der Waals surface area contributed by atoms with E-state index in [-0.39, 0.29) is 0 Å². The van der Waals surface area contributed by atoms with Gasteiger partial charge >= 0.3 is 5.97 Å². The quantitative estimate of drug-likeness (QED) is 0.597. The third-order valence-corrected chi connectivity index (χ3v) is 4.53. The first-order valence-corrected chi connectivity index (χ1v) is 9.29. The Morgan fingerprint density at radius 1 is 0.821 bits per heavy atom. The van der Waals surface area contributed by atoms with Crippen LogP contribution in [0, 0.1) is 0 Å². The van der Waals surface area contributed by atoms with Gasteiger partial charge in [0.25, 0.3) is 5.91 Å². The van der Waals surface area contributed by atoms with Gasteiger partial charge in [-0.05, 0) is 42.3 Å². The van der Waals surface area contributed by atoms with E-state index in [1.54, 1.807) is 31.2 Å². The van der Waals surface area contributed by atoms with Crippen molar-refractivity contribution in [2.45, 2.75) is 18.9 Å². The first kappa shape index (κ1) is 19.6. The summed E-state index contributed by atoms with van der Waals surface area (Å²) >= 11 is 5.85. The van der Waals surface area contributed by atoms with Crippen molar-refractivity contribution in [2.24, 2.45) is 0 Å². The zero-order valence-corrected chi connectivity index (χ0v) is 16.1. The Hall–Kier alpha value is -3.11. The fourth-order valence-electron chi connectivity index (χ4n) is 2.83. The van der Waals surface area contributed by atoms with Crippen LogP contribution in [-0.2, 0) is 14.3 Å². The summed E-state index contributed by atoms with van der Waals surface area (Å²) in [6.07, 6.45) is -0.946. The monoisotopic (exact) mass is 393 g/mol. The Balaban J connectivity index is 1.74. The maximum Gasteiger partial charge on any atom is 0.318 e. The number of nitrogens with one attached hydrogen (secondary N) is 1. The normalized spacial score (nSPS) is 11.7. The van der Waals surface area contributed by atoms with E-state index in [0.717, 1.165) is 11.1 Å². The molecule has 1 amide bonds. The van der Waals surface area contributed by atoms with Gasteiger partial charge in [-0.3, -0.25) is 9.59 Å². The summed E-state index contributed by atoms with van der Waals surface area (Å²) < 4.78 is 5.50. The van der Waals surface area contributed by atoms with Crippen LogP contribution in [0.4, 0.5) is 5.69 Å². The predicted molar refractivity (Wildman–Crippen MR) is 110 cm³/mol. The second kappa shape index (κ2) is 9.20. The van der Waals surface area contributed by atoms with Gasteiger partial charge in [0, 0.05) is 10.7 Å². The Morgan fingerprint density at radius 2 is 1.32 bits per heavy atom. The lowest BCUT2D eigenvalue weighted by atomic mass is 9.91. The average Bonchev–Trinajstić information content (AvgIpc) is 2.71. The summed E-state index contributed by atoms with van der Waals surface area (Å²) in [6.45, 7) is 1.55. The number of esters is 1. The number of hydrogen-bond donors (Lipinski definition) is 1. The van der Waals surface area contributed by atoms with Crippen molar-refractivity contribution in [3.8, 4) is 0 Å². The number of anilines is 1. The highest BCUT2D eigenvalue weighted by molar-refractivity contribution is 6.30. The highest BCUT2D eigenvalue weighted by Crippen LogP contribution is 2.26. The van der Waals surface area contributed by atoms with Gasteiger partial charge < -0.3 is 10.1 Å². The van der Waals surface area contributed by atoms with Crippen molar-refractivity contribution < 1.29 is 14.3 Å². The summed E-state index contributed by atoms with van der Waals surface area (Å²) in [6, 6.07) is 25.5. The molecule has 0 unspecified atom stereocenters. The summed E-state index contributed by atoms with van der Waals surface area (Å²) in [5.74, 6) is -1.49. The molecule has 3 rings (SSSR count). The fourth-order valence-corrected chi connectivity index (χ4v) is 2.95. The van der Waals surface area contributed by atoms with Crippen LogP contribution in [0.15, 0.2) is 84.9 Å². The third-order valence-electron chi connectivity index (χ3n) is 4.28. The van der Waals surface area contributed by atoms with Gasteiger partial charge in [-0.2, -0.15) is 0 Å². The summed E-state index contributed by atoms with van der Waals surface area (Å²) in [5, 5.41) is 3.29. The molecule has 4 nitrogen and oxygen atoms in total. The van der Waals surface area contributed by atoms with E-state index in [1.807, 2.05) is 60.7 Å². The number of ether oxygens (including phenoxy) is 1. The van der Waals surface area contributed by atoms with Gasteiger partial charge in [0.15, 0.2) is 6.10 Å². The van der Waals surface area contributed by atoms with Crippen LogP contribution >= 0.6 is 11.6 Å². The van der Waals surface area contributed by atoms with Crippen molar-refractivity contribution in [3.05, 3.63) is 101 Å². The van der Waals surface area contributed by atoms with Crippen molar-refractivity contribution in [3.63, 3.8) is 0 Å². The third kappa shape index (κ3) is 4.99. The molecule has 0 saturated heterocycles. The molecule has 0 heterocycles. The summed E-state index contributed by atoms with van der Waals surface area (Å²) in [7, 11) is 0. The SMILES string of the molecule is C[C@@H](OC(=O)C(c1ccccc1)c1ccccc1)C(=O)Nc1ccc(Cl)cc1. The molecule has 0 aliphatic heterocycles. The van der Waals surface area contributed by atoms with E-state index in [2.05, 4.69) is 5.32 Å². The fraction of sp³-hybridized carbons (Fsp3) is 0.130. The van der Waals surface area contributed by atoms with Crippen molar-refractivity contribution >= 4 is 29.2 Å². The van der Waals surface area contributed by atoms with Crippen LogP contribution < -0.4 is 5.32 Å².